The predicted molar refractivity (Wildman–Crippen MR) is 126 cm³/mol. The average molecular weight is 442 g/mol. The first-order valence-electron chi connectivity index (χ1n) is 11.3. The molecule has 33 heavy (non-hydrogen) atoms. The van der Waals surface area contributed by atoms with Crippen molar-refractivity contribution in [2.45, 2.75) is 32.4 Å². The summed E-state index contributed by atoms with van der Waals surface area (Å²) in [6.07, 6.45) is 5.43. The molecule has 5 rings (SSSR count). The fraction of sp³-hybridized carbons (Fsp3) is 0.269. The Kier molecular flexibility index (Phi) is 6.04. The van der Waals surface area contributed by atoms with Crippen LogP contribution in [0.1, 0.15) is 34.5 Å². The lowest BCUT2D eigenvalue weighted by atomic mass is 10.0. The van der Waals surface area contributed by atoms with Crippen LogP contribution in [0.15, 0.2) is 77.6 Å². The van der Waals surface area contributed by atoms with Gasteiger partial charge < -0.3 is 9.84 Å². The van der Waals surface area contributed by atoms with Gasteiger partial charge in [0.2, 0.25) is 0 Å². The summed E-state index contributed by atoms with van der Waals surface area (Å²) >= 11 is 0. The van der Waals surface area contributed by atoms with Gasteiger partial charge in [-0.15, -0.1) is 0 Å². The molecule has 168 valence electrons. The van der Waals surface area contributed by atoms with E-state index in [4.69, 9.17) is 9.62 Å². The van der Waals surface area contributed by atoms with Crippen molar-refractivity contribution in [2.24, 2.45) is 0 Å². The molecule has 0 atom stereocenters. The van der Waals surface area contributed by atoms with E-state index >= 15 is 0 Å². The number of rotatable bonds is 6. The molecule has 3 heterocycles. The number of piperidine rings is 1. The van der Waals surface area contributed by atoms with Crippen molar-refractivity contribution >= 4 is 5.91 Å². The number of amides is 1. The quantitative estimate of drug-likeness (QED) is 0.485. The van der Waals surface area contributed by atoms with E-state index in [0.29, 0.717) is 11.3 Å². The van der Waals surface area contributed by atoms with Gasteiger partial charge in [0, 0.05) is 43.0 Å². The number of nitrogens with one attached hydrogen (secondary N) is 1. The van der Waals surface area contributed by atoms with Crippen molar-refractivity contribution in [3.8, 4) is 16.9 Å². The SMILES string of the molecule is Cc1oncc1C(=O)NC1CCN(Cc2cn(-c3ccccc3)nc2-c2ccccc2)CC1. The van der Waals surface area contributed by atoms with E-state index in [9.17, 15) is 4.79 Å². The van der Waals surface area contributed by atoms with Crippen LogP contribution in [0.2, 0.25) is 0 Å². The Morgan fingerprint density at radius 1 is 1.06 bits per heavy atom. The molecule has 0 spiro atoms. The molecule has 1 aliphatic rings. The third-order valence-corrected chi connectivity index (χ3v) is 6.17. The van der Waals surface area contributed by atoms with Gasteiger partial charge in [-0.3, -0.25) is 9.69 Å². The number of benzene rings is 2. The van der Waals surface area contributed by atoms with E-state index in [0.717, 1.165) is 49.4 Å². The summed E-state index contributed by atoms with van der Waals surface area (Å²) in [5.74, 6) is 0.441. The largest absolute Gasteiger partial charge is 0.361 e. The summed E-state index contributed by atoms with van der Waals surface area (Å²) in [6, 6.07) is 20.7. The highest BCUT2D eigenvalue weighted by Crippen LogP contribution is 2.26. The van der Waals surface area contributed by atoms with Gasteiger partial charge in [0.25, 0.3) is 5.91 Å². The molecule has 1 amide bonds. The van der Waals surface area contributed by atoms with Crippen LogP contribution in [-0.2, 0) is 6.54 Å². The third-order valence-electron chi connectivity index (χ3n) is 6.17. The molecule has 1 saturated heterocycles. The fourth-order valence-electron chi connectivity index (χ4n) is 4.33. The zero-order valence-electron chi connectivity index (χ0n) is 18.6. The molecule has 1 aliphatic heterocycles. The molecule has 7 nitrogen and oxygen atoms in total. The van der Waals surface area contributed by atoms with E-state index in [2.05, 4.69) is 45.8 Å². The summed E-state index contributed by atoms with van der Waals surface area (Å²) in [4.78, 5) is 14.9. The second-order valence-electron chi connectivity index (χ2n) is 8.47. The number of likely N-dealkylation sites (tertiary alicyclic amines) is 1. The maximum absolute atomic E-state index is 12.5. The smallest absolute Gasteiger partial charge is 0.256 e. The molecule has 0 saturated carbocycles. The predicted octanol–water partition coefficient (Wildman–Crippen LogP) is 4.23. The summed E-state index contributed by atoms with van der Waals surface area (Å²) in [7, 11) is 0. The van der Waals surface area contributed by atoms with Crippen molar-refractivity contribution in [1.29, 1.82) is 0 Å². The maximum atomic E-state index is 12.5. The zero-order valence-corrected chi connectivity index (χ0v) is 18.6. The summed E-state index contributed by atoms with van der Waals surface area (Å²) in [6.45, 7) is 4.41. The number of para-hydroxylation sites is 1. The van der Waals surface area contributed by atoms with Crippen LogP contribution in [0, 0.1) is 6.92 Å². The number of hydrogen-bond acceptors (Lipinski definition) is 5. The third kappa shape index (κ3) is 4.73. The molecule has 4 aromatic rings. The molecule has 0 aliphatic carbocycles. The maximum Gasteiger partial charge on any atom is 0.256 e. The molecule has 0 unspecified atom stereocenters. The van der Waals surface area contributed by atoms with Gasteiger partial charge in [-0.2, -0.15) is 5.10 Å². The van der Waals surface area contributed by atoms with E-state index < -0.39 is 0 Å². The van der Waals surface area contributed by atoms with Crippen molar-refractivity contribution in [3.05, 3.63) is 89.9 Å². The molecule has 0 bridgehead atoms. The topological polar surface area (TPSA) is 76.2 Å². The Labute approximate surface area is 193 Å². The van der Waals surface area contributed by atoms with Crippen molar-refractivity contribution in [2.75, 3.05) is 13.1 Å². The number of aromatic nitrogens is 3. The number of carbonyl (C=O) groups is 1. The van der Waals surface area contributed by atoms with Crippen molar-refractivity contribution in [1.82, 2.24) is 25.2 Å². The lowest BCUT2D eigenvalue weighted by Gasteiger charge is -2.32. The van der Waals surface area contributed by atoms with Crippen molar-refractivity contribution < 1.29 is 9.32 Å². The number of carbonyl (C=O) groups excluding carboxylic acids is 1. The van der Waals surface area contributed by atoms with Gasteiger partial charge >= 0.3 is 0 Å². The van der Waals surface area contributed by atoms with Crippen LogP contribution in [0.5, 0.6) is 0 Å². The van der Waals surface area contributed by atoms with Gasteiger partial charge in [-0.25, -0.2) is 4.68 Å². The van der Waals surface area contributed by atoms with Gasteiger partial charge in [-0.05, 0) is 31.9 Å². The number of nitrogens with zero attached hydrogens (tertiary/aromatic N) is 4. The van der Waals surface area contributed by atoms with E-state index in [-0.39, 0.29) is 11.9 Å². The van der Waals surface area contributed by atoms with E-state index in [1.165, 1.54) is 11.8 Å². The first kappa shape index (κ1) is 21.2. The zero-order chi connectivity index (χ0) is 22.6. The first-order valence-corrected chi connectivity index (χ1v) is 11.3. The minimum absolute atomic E-state index is 0.109. The van der Waals surface area contributed by atoms with Gasteiger partial charge in [0.1, 0.15) is 11.3 Å². The number of aryl methyl sites for hydroxylation is 1. The highest BCUT2D eigenvalue weighted by molar-refractivity contribution is 5.94. The van der Waals surface area contributed by atoms with Crippen LogP contribution >= 0.6 is 0 Å². The standard InChI is InChI=1S/C26H27N5O2/c1-19-24(16-27-33-19)26(32)28-22-12-14-30(15-13-22)17-21-18-31(23-10-6-3-7-11-23)29-25(21)20-8-4-2-5-9-20/h2-11,16,18,22H,12-15,17H2,1H3,(H,28,32). The Morgan fingerprint density at radius 3 is 2.42 bits per heavy atom. The summed E-state index contributed by atoms with van der Waals surface area (Å²) < 4.78 is 6.98. The van der Waals surface area contributed by atoms with Gasteiger partial charge in [0.05, 0.1) is 17.6 Å². The minimum Gasteiger partial charge on any atom is -0.361 e. The summed E-state index contributed by atoms with van der Waals surface area (Å²) in [5, 5.41) is 11.8. The van der Waals surface area contributed by atoms with E-state index in [1.807, 2.05) is 41.1 Å². The van der Waals surface area contributed by atoms with Crippen LogP contribution < -0.4 is 5.32 Å². The molecule has 2 aromatic heterocycles. The Balaban J connectivity index is 1.28. The fourth-order valence-corrected chi connectivity index (χ4v) is 4.33. The minimum atomic E-state index is -0.109. The Hall–Kier alpha value is -3.71. The van der Waals surface area contributed by atoms with Gasteiger partial charge in [-0.1, -0.05) is 53.7 Å². The lowest BCUT2D eigenvalue weighted by Crippen LogP contribution is -2.44. The van der Waals surface area contributed by atoms with E-state index in [1.54, 1.807) is 6.92 Å². The number of hydrogen-bond donors (Lipinski definition) is 1. The second-order valence-corrected chi connectivity index (χ2v) is 8.47. The first-order chi connectivity index (χ1) is 16.2. The molecule has 7 heteroatoms. The van der Waals surface area contributed by atoms with Crippen LogP contribution in [-0.4, -0.2) is 44.9 Å². The Morgan fingerprint density at radius 2 is 1.76 bits per heavy atom. The molecule has 1 fully saturated rings. The van der Waals surface area contributed by atoms with Crippen LogP contribution in [0.3, 0.4) is 0 Å². The highest BCUT2D eigenvalue weighted by atomic mass is 16.5. The lowest BCUT2D eigenvalue weighted by molar-refractivity contribution is 0.0907. The molecular weight excluding hydrogens is 414 g/mol. The molecule has 2 aromatic carbocycles. The molecule has 0 radical (unpaired) electrons. The van der Waals surface area contributed by atoms with Crippen LogP contribution in [0.4, 0.5) is 0 Å². The second kappa shape index (κ2) is 9.42. The summed E-state index contributed by atoms with van der Waals surface area (Å²) in [5.41, 5.74) is 4.89. The molecule has 1 N–H and O–H groups in total. The van der Waals surface area contributed by atoms with Crippen LogP contribution in [0.25, 0.3) is 16.9 Å². The molecular formula is C26H27N5O2. The highest BCUT2D eigenvalue weighted by Gasteiger charge is 2.24. The van der Waals surface area contributed by atoms with Crippen molar-refractivity contribution in [3.63, 3.8) is 0 Å². The van der Waals surface area contributed by atoms with Gasteiger partial charge in [0.15, 0.2) is 0 Å². The monoisotopic (exact) mass is 441 g/mol. The normalized spacial score (nSPS) is 14.9. The average Bonchev–Trinajstić information content (AvgIpc) is 3.48. The Bertz CT molecular complexity index is 1210.